The molecule has 0 atom stereocenters. The smallest absolute Gasteiger partial charge is 0.330 e. The number of rotatable bonds is 9. The predicted octanol–water partition coefficient (Wildman–Crippen LogP) is 7.19. The summed E-state index contributed by atoms with van der Waals surface area (Å²) in [5, 5.41) is 0. The lowest BCUT2D eigenvalue weighted by Crippen LogP contribution is -2.16. The molecule has 0 spiro atoms. The third kappa shape index (κ3) is 6.32. The van der Waals surface area contributed by atoms with Crippen LogP contribution in [0.25, 0.3) is 0 Å². The van der Waals surface area contributed by atoms with Gasteiger partial charge in [0.2, 0.25) is 0 Å². The monoisotopic (exact) mass is 415 g/mol. The minimum Gasteiger partial charge on any atom is -0.462 e. The van der Waals surface area contributed by atoms with Gasteiger partial charge in [0.05, 0.1) is 6.61 Å². The Hall–Kier alpha value is -3.33. The van der Waals surface area contributed by atoms with Crippen molar-refractivity contribution in [2.24, 2.45) is 0 Å². The third-order valence-electron chi connectivity index (χ3n) is 5.52. The summed E-state index contributed by atoms with van der Waals surface area (Å²) in [5.41, 5.74) is 9.07. The number of ether oxygens (including phenoxy) is 1. The Labute approximate surface area is 187 Å². The lowest BCUT2D eigenvalue weighted by molar-refractivity contribution is -0.137. The van der Waals surface area contributed by atoms with Crippen LogP contribution in [0.1, 0.15) is 35.6 Å². The van der Waals surface area contributed by atoms with Crippen LogP contribution in [0.2, 0.25) is 0 Å². The van der Waals surface area contributed by atoms with E-state index in [0.29, 0.717) is 13.0 Å². The van der Waals surface area contributed by atoms with E-state index in [1.807, 2.05) is 25.2 Å². The van der Waals surface area contributed by atoms with Crippen LogP contribution >= 0.6 is 0 Å². The highest BCUT2D eigenvalue weighted by Gasteiger charge is 2.15. The van der Waals surface area contributed by atoms with Crippen molar-refractivity contribution < 1.29 is 9.53 Å². The third-order valence-corrected chi connectivity index (χ3v) is 5.52. The van der Waals surface area contributed by atoms with Gasteiger partial charge in [0.15, 0.2) is 0 Å². The van der Waals surface area contributed by atoms with Gasteiger partial charge in [0, 0.05) is 29.6 Å². The quantitative estimate of drug-likeness (QED) is 0.246. The van der Waals surface area contributed by atoms with Gasteiger partial charge >= 0.3 is 5.97 Å². The number of aryl methyl sites for hydroxylation is 3. The van der Waals surface area contributed by atoms with Crippen molar-refractivity contribution in [2.45, 2.75) is 41.0 Å². The molecule has 2 aromatic rings. The van der Waals surface area contributed by atoms with Crippen LogP contribution in [0.5, 0.6) is 0 Å². The molecule has 0 aromatic heterocycles. The van der Waals surface area contributed by atoms with Crippen molar-refractivity contribution in [3.8, 4) is 0 Å². The van der Waals surface area contributed by atoms with Gasteiger partial charge in [-0.3, -0.25) is 0 Å². The van der Waals surface area contributed by atoms with Gasteiger partial charge in [0.1, 0.15) is 0 Å². The summed E-state index contributed by atoms with van der Waals surface area (Å²) in [7, 11) is 0. The lowest BCUT2D eigenvalue weighted by atomic mass is 10.0. The van der Waals surface area contributed by atoms with Crippen LogP contribution in [-0.2, 0) is 9.53 Å². The molecule has 2 aromatic carbocycles. The number of benzene rings is 2. The molecule has 0 N–H and O–H groups in total. The molecule has 0 bridgehead atoms. The first-order chi connectivity index (χ1) is 14.8. The van der Waals surface area contributed by atoms with Gasteiger partial charge in [-0.15, -0.1) is 0 Å². The highest BCUT2D eigenvalue weighted by molar-refractivity contribution is 5.81. The summed E-state index contributed by atoms with van der Waals surface area (Å²) in [6, 6.07) is 12.8. The summed E-state index contributed by atoms with van der Waals surface area (Å²) in [6.45, 7) is 18.6. The number of anilines is 2. The predicted molar refractivity (Wildman–Crippen MR) is 132 cm³/mol. The van der Waals surface area contributed by atoms with E-state index < -0.39 is 5.97 Å². The molecule has 0 aliphatic heterocycles. The van der Waals surface area contributed by atoms with Crippen LogP contribution in [-0.4, -0.2) is 12.6 Å². The van der Waals surface area contributed by atoms with E-state index in [0.717, 1.165) is 22.6 Å². The molecule has 0 unspecified atom stereocenters. The van der Waals surface area contributed by atoms with Gasteiger partial charge in [0.25, 0.3) is 0 Å². The molecule has 3 nitrogen and oxygen atoms in total. The average molecular weight is 416 g/mol. The van der Waals surface area contributed by atoms with Crippen LogP contribution < -0.4 is 4.90 Å². The average Bonchev–Trinajstić information content (AvgIpc) is 2.75. The zero-order chi connectivity index (χ0) is 23.0. The molecule has 0 radical (unpaired) electrons. The highest BCUT2D eigenvalue weighted by Crippen LogP contribution is 2.34. The first-order valence-corrected chi connectivity index (χ1v) is 10.5. The molecule has 0 aliphatic rings. The van der Waals surface area contributed by atoms with Crippen molar-refractivity contribution in [2.75, 3.05) is 11.5 Å². The largest absolute Gasteiger partial charge is 0.462 e. The van der Waals surface area contributed by atoms with Crippen LogP contribution in [0.15, 0.2) is 85.1 Å². The fourth-order valence-electron chi connectivity index (χ4n) is 3.23. The summed E-state index contributed by atoms with van der Waals surface area (Å²) in [5.74, 6) is -0.403. The Morgan fingerprint density at radius 2 is 1.77 bits per heavy atom. The van der Waals surface area contributed by atoms with E-state index in [4.69, 9.17) is 4.74 Å². The van der Waals surface area contributed by atoms with E-state index in [2.05, 4.69) is 82.2 Å². The van der Waals surface area contributed by atoms with Crippen LogP contribution in [0.4, 0.5) is 11.4 Å². The second kappa shape index (κ2) is 11.2. The van der Waals surface area contributed by atoms with Crippen molar-refractivity contribution in [3.63, 3.8) is 0 Å². The first-order valence-electron chi connectivity index (χ1n) is 10.5. The summed E-state index contributed by atoms with van der Waals surface area (Å²) in [6.07, 6.45) is 7.88. The van der Waals surface area contributed by atoms with Crippen LogP contribution in [0, 0.1) is 27.7 Å². The SMILES string of the molecule is C=CC(=O)OCCC(/C=C\C(=C)N(c1ccc(C)c(C)c1)c1cccc(C)c1C)=C/C. The van der Waals surface area contributed by atoms with Gasteiger partial charge in [-0.05, 0) is 86.7 Å². The van der Waals surface area contributed by atoms with Gasteiger partial charge in [-0.1, -0.05) is 43.5 Å². The van der Waals surface area contributed by atoms with Gasteiger partial charge < -0.3 is 9.64 Å². The Kier molecular flexibility index (Phi) is 8.63. The van der Waals surface area contributed by atoms with E-state index >= 15 is 0 Å². The Morgan fingerprint density at radius 1 is 1.03 bits per heavy atom. The van der Waals surface area contributed by atoms with Gasteiger partial charge in [-0.2, -0.15) is 0 Å². The molecular formula is C28H33NO2. The normalized spacial score (nSPS) is 11.5. The molecule has 31 heavy (non-hydrogen) atoms. The standard InChI is InChI=1S/C28H33NO2/c1-8-25(17-18-31-28(30)9-2)15-14-23(6)29(26-16-13-20(3)22(5)19-26)27-12-10-11-21(4)24(27)7/h8-16,19H,2,6,17-18H2,1,3-5,7H3/b15-14-,25-8+. The van der Waals surface area contributed by atoms with E-state index in [1.54, 1.807) is 0 Å². The Morgan fingerprint density at radius 3 is 2.42 bits per heavy atom. The van der Waals surface area contributed by atoms with Crippen molar-refractivity contribution in [1.82, 2.24) is 0 Å². The number of esters is 1. The zero-order valence-corrected chi connectivity index (χ0v) is 19.4. The maximum Gasteiger partial charge on any atom is 0.330 e. The maximum atomic E-state index is 11.3. The number of carbonyl (C=O) groups excluding carboxylic acids is 1. The van der Waals surface area contributed by atoms with Crippen molar-refractivity contribution in [3.05, 3.63) is 107 Å². The molecule has 0 amide bonds. The van der Waals surface area contributed by atoms with Crippen LogP contribution in [0.3, 0.4) is 0 Å². The highest BCUT2D eigenvalue weighted by atomic mass is 16.5. The fourth-order valence-corrected chi connectivity index (χ4v) is 3.23. The molecule has 3 heteroatoms. The minimum absolute atomic E-state index is 0.319. The number of nitrogens with zero attached hydrogens (tertiary/aromatic N) is 1. The molecule has 162 valence electrons. The summed E-state index contributed by atoms with van der Waals surface area (Å²) >= 11 is 0. The number of carbonyl (C=O) groups is 1. The van der Waals surface area contributed by atoms with E-state index in [9.17, 15) is 4.79 Å². The van der Waals surface area contributed by atoms with E-state index in [1.165, 1.54) is 28.3 Å². The maximum absolute atomic E-state index is 11.3. The fraction of sp³-hybridized carbons (Fsp3) is 0.250. The Bertz CT molecular complexity index is 1030. The molecule has 0 aliphatic carbocycles. The molecule has 0 saturated carbocycles. The summed E-state index contributed by atoms with van der Waals surface area (Å²) < 4.78 is 5.11. The second-order valence-electron chi connectivity index (χ2n) is 7.63. The minimum atomic E-state index is -0.403. The number of hydrogen-bond acceptors (Lipinski definition) is 3. The lowest BCUT2D eigenvalue weighted by Gasteiger charge is -2.28. The van der Waals surface area contributed by atoms with Crippen molar-refractivity contribution in [1.29, 1.82) is 0 Å². The van der Waals surface area contributed by atoms with Crippen molar-refractivity contribution >= 4 is 17.3 Å². The number of hydrogen-bond donors (Lipinski definition) is 0. The molecule has 2 rings (SSSR count). The molecular weight excluding hydrogens is 382 g/mol. The van der Waals surface area contributed by atoms with Gasteiger partial charge in [-0.25, -0.2) is 4.79 Å². The Balaban J connectivity index is 2.35. The number of allylic oxidation sites excluding steroid dienone is 3. The topological polar surface area (TPSA) is 29.5 Å². The second-order valence-corrected chi connectivity index (χ2v) is 7.63. The molecule has 0 heterocycles. The first kappa shape index (κ1) is 23.9. The summed E-state index contributed by atoms with van der Waals surface area (Å²) in [4.78, 5) is 13.5. The zero-order valence-electron chi connectivity index (χ0n) is 19.4. The van der Waals surface area contributed by atoms with E-state index in [-0.39, 0.29) is 0 Å². The molecule has 0 fully saturated rings. The molecule has 0 saturated heterocycles.